The molecule has 1 nitrogen and oxygen atoms in total. The summed E-state index contributed by atoms with van der Waals surface area (Å²) in [5.41, 5.74) is 1.27. The summed E-state index contributed by atoms with van der Waals surface area (Å²) in [6.45, 7) is 41.3. The fourth-order valence-electron chi connectivity index (χ4n) is 2.16. The van der Waals surface area contributed by atoms with Crippen LogP contribution in [-0.2, 0) is 4.79 Å². The van der Waals surface area contributed by atoms with Crippen LogP contribution < -0.4 is 0 Å². The van der Waals surface area contributed by atoms with Crippen molar-refractivity contribution in [1.29, 1.82) is 0 Å². The normalized spacial score (nSPS) is 14.3. The van der Waals surface area contributed by atoms with Gasteiger partial charge in [0.05, 0.1) is 0 Å². The molecular weight excluding hydrogens is 352 g/mol. The maximum Gasteiger partial charge on any atom is 0.133 e. The van der Waals surface area contributed by atoms with Crippen molar-refractivity contribution < 1.29 is 4.79 Å². The number of Topliss-reactive ketones (excluding diaryl/α,β-unsaturated/α-hetero) is 1. The third kappa shape index (κ3) is 18.2. The molecular formula is C28H62O. The molecule has 0 heterocycles. The number of hydrogen-bond acceptors (Lipinski definition) is 1. The maximum absolute atomic E-state index is 11.2. The van der Waals surface area contributed by atoms with E-state index in [0.717, 1.165) is 11.8 Å². The Bertz CT molecular complexity index is 394. The minimum Gasteiger partial charge on any atom is -0.300 e. The topological polar surface area (TPSA) is 17.1 Å². The van der Waals surface area contributed by atoms with Crippen LogP contribution in [0.25, 0.3) is 0 Å². The Morgan fingerprint density at radius 1 is 0.724 bits per heavy atom. The molecule has 0 aromatic carbocycles. The molecule has 0 radical (unpaired) electrons. The van der Waals surface area contributed by atoms with E-state index >= 15 is 0 Å². The second kappa shape index (κ2) is 14.6. The summed E-state index contributed by atoms with van der Waals surface area (Å²) in [6.07, 6.45) is 1.27. The molecule has 0 rings (SSSR count). The number of hydrogen-bond donors (Lipinski definition) is 0. The minimum absolute atomic E-state index is 0.0683. The zero-order valence-corrected chi connectivity index (χ0v) is 24.3. The van der Waals surface area contributed by atoms with Crippen LogP contribution in [0.1, 0.15) is 138 Å². The van der Waals surface area contributed by atoms with E-state index in [9.17, 15) is 4.79 Å². The van der Waals surface area contributed by atoms with Crippen LogP contribution in [0.3, 0.4) is 0 Å². The van der Waals surface area contributed by atoms with E-state index in [-0.39, 0.29) is 22.5 Å². The van der Waals surface area contributed by atoms with Gasteiger partial charge in [0.1, 0.15) is 5.78 Å². The number of rotatable bonds is 3. The first-order chi connectivity index (χ1) is 12.5. The van der Waals surface area contributed by atoms with Gasteiger partial charge in [0.2, 0.25) is 0 Å². The van der Waals surface area contributed by atoms with Crippen LogP contribution in [-0.4, -0.2) is 5.78 Å². The fraction of sp³-hybridized carbons (Fsp3) is 0.964. The van der Waals surface area contributed by atoms with Crippen molar-refractivity contribution in [2.75, 3.05) is 0 Å². The summed E-state index contributed by atoms with van der Waals surface area (Å²) < 4.78 is 0. The molecule has 0 amide bonds. The Morgan fingerprint density at radius 2 is 1.00 bits per heavy atom. The predicted molar refractivity (Wildman–Crippen MR) is 138 cm³/mol. The molecule has 0 aromatic heterocycles. The van der Waals surface area contributed by atoms with E-state index in [1.165, 1.54) is 6.42 Å². The van der Waals surface area contributed by atoms with E-state index in [0.29, 0.717) is 10.8 Å². The maximum atomic E-state index is 11.2. The fourth-order valence-corrected chi connectivity index (χ4v) is 2.16. The summed E-state index contributed by atoms with van der Waals surface area (Å²) in [4.78, 5) is 11.2. The van der Waals surface area contributed by atoms with Gasteiger partial charge in [-0.1, -0.05) is 131 Å². The Morgan fingerprint density at radius 3 is 1.03 bits per heavy atom. The van der Waals surface area contributed by atoms with Crippen molar-refractivity contribution in [1.82, 2.24) is 0 Å². The summed E-state index contributed by atoms with van der Waals surface area (Å²) in [7, 11) is 0. The lowest BCUT2D eigenvalue weighted by Gasteiger charge is -2.42. The molecule has 0 saturated heterocycles. The number of carbonyl (C=O) groups excluding carboxylic acids is 1. The highest BCUT2D eigenvalue weighted by Crippen LogP contribution is 2.44. The van der Waals surface area contributed by atoms with Crippen LogP contribution in [0, 0.1) is 39.4 Å². The molecule has 0 N–H and O–H groups in total. The van der Waals surface area contributed by atoms with Gasteiger partial charge < -0.3 is 0 Å². The Balaban J connectivity index is -0.000000163. The van der Waals surface area contributed by atoms with Crippen molar-refractivity contribution in [2.24, 2.45) is 39.4 Å². The zero-order valence-electron chi connectivity index (χ0n) is 24.3. The van der Waals surface area contributed by atoms with Crippen LogP contribution >= 0.6 is 0 Å². The summed E-state index contributed by atoms with van der Waals surface area (Å²) in [6, 6.07) is 0. The van der Waals surface area contributed by atoms with Gasteiger partial charge in [0.15, 0.2) is 0 Å². The highest BCUT2D eigenvalue weighted by molar-refractivity contribution is 5.78. The van der Waals surface area contributed by atoms with Crippen LogP contribution in [0.4, 0.5) is 0 Å². The van der Waals surface area contributed by atoms with Crippen molar-refractivity contribution in [3.05, 3.63) is 0 Å². The molecule has 0 aliphatic heterocycles. The smallest absolute Gasteiger partial charge is 0.133 e. The van der Waals surface area contributed by atoms with E-state index < -0.39 is 0 Å². The molecule has 180 valence electrons. The first-order valence-electron chi connectivity index (χ1n) is 12.0. The van der Waals surface area contributed by atoms with Crippen molar-refractivity contribution in [2.45, 2.75) is 138 Å². The largest absolute Gasteiger partial charge is 0.300 e. The third-order valence-electron chi connectivity index (χ3n) is 7.05. The molecule has 0 fully saturated rings. The number of ketones is 1. The molecule has 2 atom stereocenters. The minimum atomic E-state index is 0.0683. The summed E-state index contributed by atoms with van der Waals surface area (Å²) >= 11 is 0. The molecule has 29 heavy (non-hydrogen) atoms. The first kappa shape index (κ1) is 36.1. The highest BCUT2D eigenvalue weighted by Gasteiger charge is 2.39. The first-order valence-corrected chi connectivity index (χ1v) is 12.0. The molecule has 1 heteroatoms. The van der Waals surface area contributed by atoms with Gasteiger partial charge in [-0.3, -0.25) is 4.79 Å². The predicted octanol–water partition coefficient (Wildman–Crippen LogP) is 10.1. The molecule has 0 spiro atoms. The van der Waals surface area contributed by atoms with Crippen LogP contribution in [0.2, 0.25) is 0 Å². The third-order valence-corrected chi connectivity index (χ3v) is 7.05. The van der Waals surface area contributed by atoms with Gasteiger partial charge in [0, 0.05) is 5.92 Å². The van der Waals surface area contributed by atoms with E-state index in [4.69, 9.17) is 0 Å². The average Bonchev–Trinajstić information content (AvgIpc) is 2.53. The number of carbonyl (C=O) groups is 1. The Labute approximate surface area is 188 Å². The Hall–Kier alpha value is -0.330. The van der Waals surface area contributed by atoms with Crippen molar-refractivity contribution in [3.8, 4) is 0 Å². The van der Waals surface area contributed by atoms with Crippen molar-refractivity contribution in [3.63, 3.8) is 0 Å². The van der Waals surface area contributed by atoms with Gasteiger partial charge in [-0.2, -0.15) is 0 Å². The lowest BCUT2D eigenvalue weighted by molar-refractivity contribution is -0.126. The zero-order chi connectivity index (χ0) is 25.0. The second-order valence-electron chi connectivity index (χ2n) is 12.6. The summed E-state index contributed by atoms with van der Waals surface area (Å²) in [5, 5.41) is 0. The lowest BCUT2D eigenvalue weighted by atomic mass is 9.62. The van der Waals surface area contributed by atoms with E-state index in [1.54, 1.807) is 6.92 Å². The average molecular weight is 415 g/mol. The van der Waals surface area contributed by atoms with E-state index in [2.05, 4.69) is 104 Å². The summed E-state index contributed by atoms with van der Waals surface area (Å²) in [5.74, 6) is 2.05. The molecule has 0 aromatic rings. The quantitative estimate of drug-likeness (QED) is 0.449. The van der Waals surface area contributed by atoms with E-state index in [1.807, 2.05) is 20.8 Å². The van der Waals surface area contributed by atoms with Gasteiger partial charge in [-0.25, -0.2) is 0 Å². The molecule has 0 aliphatic carbocycles. The molecule has 2 unspecified atom stereocenters. The van der Waals surface area contributed by atoms with Crippen molar-refractivity contribution >= 4 is 5.78 Å². The molecule has 0 aliphatic rings. The molecule has 0 saturated carbocycles. The van der Waals surface area contributed by atoms with Gasteiger partial charge in [-0.15, -0.1) is 0 Å². The SMILES string of the molecule is CC.CC(=O)C(C)C(C)(C)C(C)(C)C.CC(C)C(C)C(C)(C)C.CCC(C)(C)C. The lowest BCUT2D eigenvalue weighted by Crippen LogP contribution is -2.38. The van der Waals surface area contributed by atoms with Gasteiger partial charge in [0.25, 0.3) is 0 Å². The standard InChI is InChI=1S/C11H22O.C9H20.C6H14.C2H6/c1-8(9(2)12)11(6,7)10(3,4)5;1-7(2)8(3)9(4,5)6;1-5-6(2,3)4;1-2/h8H,1-7H3;7-8H,1-6H3;5H2,1-4H3;1-2H3. The van der Waals surface area contributed by atoms with Crippen LogP contribution in [0.5, 0.6) is 0 Å². The Kier molecular flexibility index (Phi) is 18.2. The second-order valence-corrected chi connectivity index (χ2v) is 12.6. The molecule has 0 bridgehead atoms. The monoisotopic (exact) mass is 414 g/mol. The van der Waals surface area contributed by atoms with Crippen LogP contribution in [0.15, 0.2) is 0 Å². The van der Waals surface area contributed by atoms with Gasteiger partial charge in [-0.05, 0) is 40.4 Å². The highest BCUT2D eigenvalue weighted by atomic mass is 16.1. The van der Waals surface area contributed by atoms with Gasteiger partial charge >= 0.3 is 0 Å².